The standard InChI is InChI=1S/C28H37N3O/c1-6-31(7-2)14-13-29-28(32)21-11-12-25-24(17-21)22-9-8-10-23(22)27(30-25)26-19(4)15-18(3)16-20(26)5/h8-9,11-12,15-17,22-23,27,30H,6-7,10,13-14H2,1-5H3,(H,29,32). The number of nitrogens with zero attached hydrogens (tertiary/aromatic N) is 1. The molecule has 32 heavy (non-hydrogen) atoms. The van der Waals surface area contributed by atoms with E-state index in [-0.39, 0.29) is 11.9 Å². The van der Waals surface area contributed by atoms with Crippen LogP contribution in [0, 0.1) is 26.7 Å². The first-order chi connectivity index (χ1) is 15.4. The molecular formula is C28H37N3O. The third kappa shape index (κ3) is 4.33. The number of carbonyl (C=O) groups is 1. The van der Waals surface area contributed by atoms with Gasteiger partial charge in [-0.25, -0.2) is 0 Å². The van der Waals surface area contributed by atoms with Crippen LogP contribution in [-0.2, 0) is 0 Å². The molecule has 1 amide bonds. The zero-order valence-electron chi connectivity index (χ0n) is 20.2. The highest BCUT2D eigenvalue weighted by atomic mass is 16.1. The first kappa shape index (κ1) is 22.6. The van der Waals surface area contributed by atoms with Crippen molar-refractivity contribution in [2.45, 2.75) is 53.0 Å². The van der Waals surface area contributed by atoms with Crippen molar-refractivity contribution < 1.29 is 4.79 Å². The topological polar surface area (TPSA) is 44.4 Å². The zero-order valence-corrected chi connectivity index (χ0v) is 20.2. The number of allylic oxidation sites excluding steroid dienone is 2. The Morgan fingerprint density at radius 1 is 1.09 bits per heavy atom. The Bertz CT molecular complexity index is 998. The van der Waals surface area contributed by atoms with Gasteiger partial charge in [-0.1, -0.05) is 43.7 Å². The van der Waals surface area contributed by atoms with Gasteiger partial charge in [-0.2, -0.15) is 0 Å². The van der Waals surface area contributed by atoms with Crippen molar-refractivity contribution in [2.75, 3.05) is 31.5 Å². The number of aryl methyl sites for hydroxylation is 3. The number of benzene rings is 2. The lowest BCUT2D eigenvalue weighted by Gasteiger charge is -2.39. The van der Waals surface area contributed by atoms with Crippen LogP contribution in [0.15, 0.2) is 42.5 Å². The van der Waals surface area contributed by atoms with Gasteiger partial charge in [-0.15, -0.1) is 0 Å². The molecule has 0 fully saturated rings. The van der Waals surface area contributed by atoms with E-state index in [0.717, 1.165) is 37.3 Å². The summed E-state index contributed by atoms with van der Waals surface area (Å²) in [5.74, 6) is 0.842. The quantitative estimate of drug-likeness (QED) is 0.568. The van der Waals surface area contributed by atoms with Gasteiger partial charge in [0.15, 0.2) is 0 Å². The minimum Gasteiger partial charge on any atom is -0.378 e. The van der Waals surface area contributed by atoms with E-state index in [1.807, 2.05) is 6.07 Å². The molecule has 4 nitrogen and oxygen atoms in total. The third-order valence-corrected chi connectivity index (χ3v) is 7.28. The maximum atomic E-state index is 12.8. The molecule has 0 radical (unpaired) electrons. The normalized spacial score (nSPS) is 21.2. The number of carbonyl (C=O) groups excluding carboxylic acids is 1. The van der Waals surface area contributed by atoms with E-state index in [2.05, 4.69) is 86.6 Å². The molecule has 2 N–H and O–H groups in total. The molecule has 3 atom stereocenters. The fourth-order valence-corrected chi connectivity index (χ4v) is 5.67. The van der Waals surface area contributed by atoms with Crippen LogP contribution >= 0.6 is 0 Å². The molecule has 170 valence electrons. The minimum absolute atomic E-state index is 0.0193. The van der Waals surface area contributed by atoms with Crippen LogP contribution in [0.4, 0.5) is 5.69 Å². The summed E-state index contributed by atoms with van der Waals surface area (Å²) in [6.45, 7) is 14.5. The van der Waals surface area contributed by atoms with Crippen molar-refractivity contribution in [2.24, 2.45) is 5.92 Å². The van der Waals surface area contributed by atoms with Gasteiger partial charge in [0, 0.05) is 30.3 Å². The number of likely N-dealkylation sites (N-methyl/N-ethyl adjacent to an activating group) is 1. The summed E-state index contributed by atoms with van der Waals surface area (Å²) in [6.07, 6.45) is 5.72. The zero-order chi connectivity index (χ0) is 22.8. The Morgan fingerprint density at radius 2 is 1.81 bits per heavy atom. The van der Waals surface area contributed by atoms with Gasteiger partial charge in [0.05, 0.1) is 6.04 Å². The van der Waals surface area contributed by atoms with Gasteiger partial charge in [0.25, 0.3) is 5.91 Å². The molecule has 0 spiro atoms. The molecule has 1 aliphatic heterocycles. The largest absolute Gasteiger partial charge is 0.378 e. The van der Waals surface area contributed by atoms with Crippen molar-refractivity contribution >= 4 is 11.6 Å². The predicted molar refractivity (Wildman–Crippen MR) is 134 cm³/mol. The van der Waals surface area contributed by atoms with Gasteiger partial charge in [0.2, 0.25) is 0 Å². The minimum atomic E-state index is 0.0193. The van der Waals surface area contributed by atoms with Crippen LogP contribution in [0.5, 0.6) is 0 Å². The van der Waals surface area contributed by atoms with Crippen LogP contribution in [0.2, 0.25) is 0 Å². The molecule has 2 aromatic rings. The summed E-state index contributed by atoms with van der Waals surface area (Å²) in [5.41, 5.74) is 8.62. The van der Waals surface area contributed by atoms with E-state index in [9.17, 15) is 4.79 Å². The number of amides is 1. The molecule has 3 unspecified atom stereocenters. The highest BCUT2D eigenvalue weighted by Crippen LogP contribution is 2.51. The SMILES string of the molecule is CCN(CC)CCNC(=O)c1ccc2c(c1)C1C=CCC1C(c1c(C)cc(C)cc1C)N2. The summed E-state index contributed by atoms with van der Waals surface area (Å²) in [6, 6.07) is 11.0. The molecule has 0 saturated carbocycles. The maximum Gasteiger partial charge on any atom is 0.251 e. The second-order valence-corrected chi connectivity index (χ2v) is 9.37. The fraction of sp³-hybridized carbons (Fsp3) is 0.464. The Labute approximate surface area is 193 Å². The van der Waals surface area contributed by atoms with Crippen LogP contribution in [-0.4, -0.2) is 37.0 Å². The highest BCUT2D eigenvalue weighted by Gasteiger charge is 2.39. The Balaban J connectivity index is 1.57. The van der Waals surface area contributed by atoms with Crippen LogP contribution < -0.4 is 10.6 Å². The summed E-state index contributed by atoms with van der Waals surface area (Å²) in [5, 5.41) is 6.95. The lowest BCUT2D eigenvalue weighted by atomic mass is 9.75. The highest BCUT2D eigenvalue weighted by molar-refractivity contribution is 5.95. The lowest BCUT2D eigenvalue weighted by molar-refractivity contribution is 0.0948. The fourth-order valence-electron chi connectivity index (χ4n) is 5.67. The molecule has 0 saturated heterocycles. The van der Waals surface area contributed by atoms with Crippen LogP contribution in [0.3, 0.4) is 0 Å². The van der Waals surface area contributed by atoms with Crippen molar-refractivity contribution in [1.29, 1.82) is 0 Å². The molecule has 4 rings (SSSR count). The number of anilines is 1. The second-order valence-electron chi connectivity index (χ2n) is 9.37. The van der Waals surface area contributed by atoms with E-state index in [4.69, 9.17) is 0 Å². The molecule has 2 aromatic carbocycles. The number of hydrogen-bond acceptors (Lipinski definition) is 3. The Kier molecular flexibility index (Phi) is 6.71. The van der Waals surface area contributed by atoms with E-state index in [1.54, 1.807) is 0 Å². The molecule has 0 bridgehead atoms. The average molecular weight is 432 g/mol. The molecular weight excluding hydrogens is 394 g/mol. The van der Waals surface area contributed by atoms with Gasteiger partial charge in [0.1, 0.15) is 0 Å². The van der Waals surface area contributed by atoms with E-state index in [0.29, 0.717) is 18.4 Å². The van der Waals surface area contributed by atoms with Gasteiger partial charge >= 0.3 is 0 Å². The van der Waals surface area contributed by atoms with Crippen LogP contribution in [0.1, 0.15) is 70.4 Å². The van der Waals surface area contributed by atoms with Crippen LogP contribution in [0.25, 0.3) is 0 Å². The average Bonchev–Trinajstić information content (AvgIpc) is 3.26. The maximum absolute atomic E-state index is 12.8. The van der Waals surface area contributed by atoms with Gasteiger partial charge in [-0.3, -0.25) is 4.79 Å². The number of hydrogen-bond donors (Lipinski definition) is 2. The predicted octanol–water partition coefficient (Wildman–Crippen LogP) is 5.51. The van der Waals surface area contributed by atoms with E-state index in [1.165, 1.54) is 27.8 Å². The number of nitrogens with one attached hydrogen (secondary N) is 2. The second kappa shape index (κ2) is 9.50. The Hall–Kier alpha value is -2.59. The lowest BCUT2D eigenvalue weighted by Crippen LogP contribution is -2.35. The van der Waals surface area contributed by atoms with Gasteiger partial charge < -0.3 is 15.5 Å². The Morgan fingerprint density at radius 3 is 2.50 bits per heavy atom. The first-order valence-electron chi connectivity index (χ1n) is 12.1. The number of fused-ring (bicyclic) bond motifs is 3. The summed E-state index contributed by atoms with van der Waals surface area (Å²) >= 11 is 0. The summed E-state index contributed by atoms with van der Waals surface area (Å²) in [7, 11) is 0. The molecule has 0 aromatic heterocycles. The smallest absolute Gasteiger partial charge is 0.251 e. The van der Waals surface area contributed by atoms with Crippen molar-refractivity contribution in [3.8, 4) is 0 Å². The third-order valence-electron chi connectivity index (χ3n) is 7.28. The molecule has 1 aliphatic carbocycles. The summed E-state index contributed by atoms with van der Waals surface area (Å²) < 4.78 is 0. The van der Waals surface area contributed by atoms with Crippen molar-refractivity contribution in [3.05, 3.63) is 75.9 Å². The summed E-state index contributed by atoms with van der Waals surface area (Å²) in [4.78, 5) is 15.1. The number of rotatable bonds is 7. The first-order valence-corrected chi connectivity index (χ1v) is 12.1. The van der Waals surface area contributed by atoms with Crippen molar-refractivity contribution in [3.63, 3.8) is 0 Å². The molecule has 1 heterocycles. The van der Waals surface area contributed by atoms with E-state index >= 15 is 0 Å². The van der Waals surface area contributed by atoms with Crippen molar-refractivity contribution in [1.82, 2.24) is 10.2 Å². The van der Waals surface area contributed by atoms with E-state index < -0.39 is 0 Å². The molecule has 2 aliphatic rings. The monoisotopic (exact) mass is 431 g/mol. The molecule has 4 heteroatoms. The van der Waals surface area contributed by atoms with Gasteiger partial charge in [-0.05, 0) is 86.7 Å².